The number of carbonyl (C=O) groups excluding carboxylic acids is 2. The van der Waals surface area contributed by atoms with Gasteiger partial charge in [0.1, 0.15) is 5.76 Å². The van der Waals surface area contributed by atoms with E-state index in [9.17, 15) is 9.59 Å². The average Bonchev–Trinajstić information content (AvgIpc) is 2.86. The lowest BCUT2D eigenvalue weighted by molar-refractivity contribution is -0.114. The summed E-state index contributed by atoms with van der Waals surface area (Å²) < 4.78 is 5.05. The number of nitrogens with zero attached hydrogens (tertiary/aromatic N) is 1. The van der Waals surface area contributed by atoms with Crippen LogP contribution in [0.4, 0.5) is 5.69 Å². The third-order valence-corrected chi connectivity index (χ3v) is 2.71. The molecule has 0 spiro atoms. The van der Waals surface area contributed by atoms with Gasteiger partial charge in [0.25, 0.3) is 5.91 Å². The summed E-state index contributed by atoms with van der Waals surface area (Å²) in [5, 5.41) is 6.54. The van der Waals surface area contributed by atoms with Crippen molar-refractivity contribution in [2.45, 2.75) is 13.8 Å². The molecule has 0 aliphatic rings. The number of hydrazone groups is 1. The Bertz CT molecular complexity index is 672. The highest BCUT2D eigenvalue weighted by molar-refractivity contribution is 5.95. The smallest absolute Gasteiger partial charge is 0.274 e. The van der Waals surface area contributed by atoms with Crippen molar-refractivity contribution >= 4 is 23.7 Å². The van der Waals surface area contributed by atoms with Crippen LogP contribution in [-0.2, 0) is 4.79 Å². The number of anilines is 1. The Hall–Kier alpha value is -2.89. The molecule has 0 atom stereocenters. The standard InChI is InChI=1S/C15H15N3O3/c1-10-14(7-8-21-10)15(20)18-16-9-12-3-5-13(6-4-12)17-11(2)19/h3-9H,1-2H3,(H,17,19)(H,18,20)/b16-9+. The third kappa shape index (κ3) is 4.04. The molecule has 0 bridgehead atoms. The highest BCUT2D eigenvalue weighted by Crippen LogP contribution is 2.09. The minimum atomic E-state index is -0.327. The maximum absolute atomic E-state index is 11.8. The van der Waals surface area contributed by atoms with Crippen LogP contribution in [0.3, 0.4) is 0 Å². The number of carbonyl (C=O) groups is 2. The van der Waals surface area contributed by atoms with Crippen LogP contribution in [0.2, 0.25) is 0 Å². The molecular formula is C15H15N3O3. The van der Waals surface area contributed by atoms with E-state index in [0.29, 0.717) is 17.0 Å². The molecule has 0 aliphatic carbocycles. The molecule has 0 unspecified atom stereocenters. The Morgan fingerprint density at radius 3 is 2.48 bits per heavy atom. The molecule has 2 aromatic rings. The molecule has 1 aromatic carbocycles. The van der Waals surface area contributed by atoms with Crippen LogP contribution in [0.25, 0.3) is 0 Å². The van der Waals surface area contributed by atoms with Crippen LogP contribution in [0.15, 0.2) is 46.1 Å². The minimum absolute atomic E-state index is 0.126. The van der Waals surface area contributed by atoms with Crippen LogP contribution < -0.4 is 10.7 Å². The van der Waals surface area contributed by atoms with Gasteiger partial charge in [0, 0.05) is 12.6 Å². The molecule has 108 valence electrons. The van der Waals surface area contributed by atoms with Crippen molar-refractivity contribution in [2.75, 3.05) is 5.32 Å². The van der Waals surface area contributed by atoms with Gasteiger partial charge in [-0.25, -0.2) is 5.43 Å². The van der Waals surface area contributed by atoms with E-state index in [1.807, 2.05) is 0 Å². The number of nitrogens with one attached hydrogen (secondary N) is 2. The highest BCUT2D eigenvalue weighted by Gasteiger charge is 2.09. The molecule has 2 N–H and O–H groups in total. The van der Waals surface area contributed by atoms with Gasteiger partial charge in [-0.2, -0.15) is 5.10 Å². The first-order chi connectivity index (χ1) is 10.1. The number of hydrogen-bond acceptors (Lipinski definition) is 4. The van der Waals surface area contributed by atoms with Crippen molar-refractivity contribution in [3.05, 3.63) is 53.5 Å². The van der Waals surface area contributed by atoms with Gasteiger partial charge < -0.3 is 9.73 Å². The number of rotatable bonds is 4. The average molecular weight is 285 g/mol. The first-order valence-electron chi connectivity index (χ1n) is 6.31. The molecule has 6 nitrogen and oxygen atoms in total. The zero-order valence-electron chi connectivity index (χ0n) is 11.7. The Labute approximate surface area is 121 Å². The van der Waals surface area contributed by atoms with Crippen molar-refractivity contribution in [3.63, 3.8) is 0 Å². The lowest BCUT2D eigenvalue weighted by atomic mass is 10.2. The summed E-state index contributed by atoms with van der Waals surface area (Å²) in [5.74, 6) is 0.0916. The molecule has 1 aromatic heterocycles. The van der Waals surface area contributed by atoms with Crippen LogP contribution in [0.1, 0.15) is 28.6 Å². The summed E-state index contributed by atoms with van der Waals surface area (Å²) in [6.45, 7) is 3.15. The van der Waals surface area contributed by atoms with E-state index in [1.54, 1.807) is 37.3 Å². The van der Waals surface area contributed by atoms with Crippen molar-refractivity contribution < 1.29 is 14.0 Å². The second-order valence-corrected chi connectivity index (χ2v) is 4.39. The number of hydrogen-bond donors (Lipinski definition) is 2. The Morgan fingerprint density at radius 2 is 1.90 bits per heavy atom. The fourth-order valence-corrected chi connectivity index (χ4v) is 1.70. The van der Waals surface area contributed by atoms with Crippen molar-refractivity contribution in [1.29, 1.82) is 0 Å². The fraction of sp³-hybridized carbons (Fsp3) is 0.133. The van der Waals surface area contributed by atoms with Crippen molar-refractivity contribution in [1.82, 2.24) is 5.43 Å². The number of amides is 2. The number of furan rings is 1. The second kappa shape index (κ2) is 6.51. The summed E-state index contributed by atoms with van der Waals surface area (Å²) in [6.07, 6.45) is 2.97. The number of aryl methyl sites for hydroxylation is 1. The maximum atomic E-state index is 11.8. The summed E-state index contributed by atoms with van der Waals surface area (Å²) in [7, 11) is 0. The molecule has 0 saturated heterocycles. The molecule has 21 heavy (non-hydrogen) atoms. The van der Waals surface area contributed by atoms with E-state index in [4.69, 9.17) is 4.42 Å². The zero-order chi connectivity index (χ0) is 15.2. The molecule has 1 heterocycles. The van der Waals surface area contributed by atoms with E-state index in [0.717, 1.165) is 5.56 Å². The topological polar surface area (TPSA) is 83.7 Å². The summed E-state index contributed by atoms with van der Waals surface area (Å²) in [6, 6.07) is 8.66. The zero-order valence-corrected chi connectivity index (χ0v) is 11.7. The lowest BCUT2D eigenvalue weighted by Crippen LogP contribution is -2.17. The second-order valence-electron chi connectivity index (χ2n) is 4.39. The van der Waals surface area contributed by atoms with Crippen LogP contribution in [-0.4, -0.2) is 18.0 Å². The maximum Gasteiger partial charge on any atom is 0.274 e. The van der Waals surface area contributed by atoms with Gasteiger partial charge in [-0.1, -0.05) is 12.1 Å². The highest BCUT2D eigenvalue weighted by atomic mass is 16.3. The fourth-order valence-electron chi connectivity index (χ4n) is 1.70. The largest absolute Gasteiger partial charge is 0.469 e. The molecule has 0 aliphatic heterocycles. The van der Waals surface area contributed by atoms with Crippen LogP contribution >= 0.6 is 0 Å². The molecule has 2 rings (SSSR count). The Kier molecular flexibility index (Phi) is 4.50. The molecule has 2 amide bonds. The van der Waals surface area contributed by atoms with E-state index in [1.165, 1.54) is 19.4 Å². The third-order valence-electron chi connectivity index (χ3n) is 2.71. The predicted molar refractivity (Wildman–Crippen MR) is 79.3 cm³/mol. The van der Waals surface area contributed by atoms with Gasteiger partial charge >= 0.3 is 0 Å². The van der Waals surface area contributed by atoms with Gasteiger partial charge in [0.2, 0.25) is 5.91 Å². The van der Waals surface area contributed by atoms with Gasteiger partial charge in [0.15, 0.2) is 0 Å². The quantitative estimate of drug-likeness (QED) is 0.668. The monoisotopic (exact) mass is 285 g/mol. The van der Waals surface area contributed by atoms with Gasteiger partial charge in [-0.3, -0.25) is 9.59 Å². The Balaban J connectivity index is 1.94. The minimum Gasteiger partial charge on any atom is -0.469 e. The predicted octanol–water partition coefficient (Wildman–Crippen LogP) is 2.31. The molecule has 6 heteroatoms. The van der Waals surface area contributed by atoms with E-state index in [2.05, 4.69) is 15.8 Å². The molecular weight excluding hydrogens is 270 g/mol. The van der Waals surface area contributed by atoms with E-state index in [-0.39, 0.29) is 11.8 Å². The van der Waals surface area contributed by atoms with Gasteiger partial charge in [0.05, 0.1) is 18.0 Å². The summed E-state index contributed by atoms with van der Waals surface area (Å²) in [5.41, 5.74) is 4.38. The van der Waals surface area contributed by atoms with Crippen molar-refractivity contribution in [3.8, 4) is 0 Å². The normalized spacial score (nSPS) is 10.6. The summed E-state index contributed by atoms with van der Waals surface area (Å²) >= 11 is 0. The molecule has 0 fully saturated rings. The van der Waals surface area contributed by atoms with Crippen LogP contribution in [0, 0.1) is 6.92 Å². The first kappa shape index (κ1) is 14.5. The van der Waals surface area contributed by atoms with Crippen LogP contribution in [0.5, 0.6) is 0 Å². The van der Waals surface area contributed by atoms with Gasteiger partial charge in [-0.15, -0.1) is 0 Å². The SMILES string of the molecule is CC(=O)Nc1ccc(/C=N/NC(=O)c2ccoc2C)cc1. The van der Waals surface area contributed by atoms with E-state index < -0.39 is 0 Å². The van der Waals surface area contributed by atoms with E-state index >= 15 is 0 Å². The first-order valence-corrected chi connectivity index (χ1v) is 6.31. The summed E-state index contributed by atoms with van der Waals surface area (Å²) in [4.78, 5) is 22.7. The lowest BCUT2D eigenvalue weighted by Gasteiger charge is -2.01. The van der Waals surface area contributed by atoms with Gasteiger partial charge in [-0.05, 0) is 30.7 Å². The number of benzene rings is 1. The molecule has 0 saturated carbocycles. The Morgan fingerprint density at radius 1 is 1.19 bits per heavy atom. The molecule has 0 radical (unpaired) electrons. The van der Waals surface area contributed by atoms with Crippen molar-refractivity contribution in [2.24, 2.45) is 5.10 Å².